The highest BCUT2D eigenvalue weighted by Gasteiger charge is 2.11. The van der Waals surface area contributed by atoms with E-state index in [9.17, 15) is 14.4 Å². The molecule has 1 amide bonds. The molecule has 27 heavy (non-hydrogen) atoms. The number of ether oxygens (including phenoxy) is 1. The van der Waals surface area contributed by atoms with Crippen molar-refractivity contribution in [1.82, 2.24) is 0 Å². The molecule has 0 atom stereocenters. The van der Waals surface area contributed by atoms with Crippen LogP contribution in [-0.2, 0) is 11.3 Å². The van der Waals surface area contributed by atoms with Crippen molar-refractivity contribution in [3.63, 3.8) is 0 Å². The molecule has 0 aliphatic rings. The van der Waals surface area contributed by atoms with E-state index in [1.807, 2.05) is 30.3 Å². The lowest BCUT2D eigenvalue weighted by atomic mass is 10.1. The molecule has 0 fully saturated rings. The molecule has 0 spiro atoms. The van der Waals surface area contributed by atoms with Crippen LogP contribution in [0.2, 0.25) is 0 Å². The fourth-order valence-corrected chi connectivity index (χ4v) is 2.45. The summed E-state index contributed by atoms with van der Waals surface area (Å²) in [6.07, 6.45) is 0.714. The number of aldehydes is 1. The van der Waals surface area contributed by atoms with Gasteiger partial charge in [-0.2, -0.15) is 0 Å². The molecular weight excluding hydrogens is 342 g/mol. The first-order chi connectivity index (χ1) is 13.2. The van der Waals surface area contributed by atoms with Crippen LogP contribution in [0, 0.1) is 0 Å². The molecule has 5 heteroatoms. The second kappa shape index (κ2) is 8.58. The number of amides is 1. The van der Waals surface area contributed by atoms with E-state index >= 15 is 0 Å². The van der Waals surface area contributed by atoms with E-state index in [4.69, 9.17) is 4.74 Å². The van der Waals surface area contributed by atoms with E-state index in [-0.39, 0.29) is 12.5 Å². The Morgan fingerprint density at radius 3 is 2.30 bits per heavy atom. The molecule has 0 saturated carbocycles. The summed E-state index contributed by atoms with van der Waals surface area (Å²) < 4.78 is 5.30. The number of esters is 1. The fourth-order valence-electron chi connectivity index (χ4n) is 2.45. The van der Waals surface area contributed by atoms with Gasteiger partial charge in [0.1, 0.15) is 12.9 Å². The number of carbonyl (C=O) groups excluding carboxylic acids is 3. The van der Waals surface area contributed by atoms with Crippen LogP contribution in [0.25, 0.3) is 0 Å². The lowest BCUT2D eigenvalue weighted by Crippen LogP contribution is -2.13. The van der Waals surface area contributed by atoms with E-state index in [1.165, 1.54) is 0 Å². The lowest BCUT2D eigenvalue weighted by Gasteiger charge is -2.08. The van der Waals surface area contributed by atoms with Gasteiger partial charge in [-0.3, -0.25) is 9.59 Å². The number of hydrogen-bond acceptors (Lipinski definition) is 4. The van der Waals surface area contributed by atoms with Crippen LogP contribution in [0.15, 0.2) is 78.9 Å². The Balaban J connectivity index is 1.64. The van der Waals surface area contributed by atoms with Crippen LogP contribution in [0.1, 0.15) is 36.6 Å². The van der Waals surface area contributed by atoms with Crippen molar-refractivity contribution in [3.05, 3.63) is 101 Å². The first kappa shape index (κ1) is 18.1. The third kappa shape index (κ3) is 4.89. The second-order valence-electron chi connectivity index (χ2n) is 5.84. The van der Waals surface area contributed by atoms with Crippen LogP contribution in [0.3, 0.4) is 0 Å². The average molecular weight is 359 g/mol. The van der Waals surface area contributed by atoms with Gasteiger partial charge in [-0.1, -0.05) is 48.5 Å². The summed E-state index contributed by atoms with van der Waals surface area (Å²) >= 11 is 0. The highest BCUT2D eigenvalue weighted by atomic mass is 16.5. The standard InChI is InChI=1S/C22H17NO4/c24-14-16-9-11-18(12-10-16)21(25)23-20-8-4-7-19(13-20)22(26)27-15-17-5-2-1-3-6-17/h1-14H,15H2,(H,23,25). The number of hydrogen-bond donors (Lipinski definition) is 1. The zero-order valence-corrected chi connectivity index (χ0v) is 14.4. The highest BCUT2D eigenvalue weighted by molar-refractivity contribution is 6.05. The maximum atomic E-state index is 12.3. The molecule has 0 aromatic heterocycles. The van der Waals surface area contributed by atoms with Crippen molar-refractivity contribution in [2.24, 2.45) is 0 Å². The molecule has 3 aromatic carbocycles. The maximum absolute atomic E-state index is 12.3. The molecule has 0 unspecified atom stereocenters. The van der Waals surface area contributed by atoms with Gasteiger partial charge in [-0.15, -0.1) is 0 Å². The Labute approximate surface area is 156 Å². The second-order valence-corrected chi connectivity index (χ2v) is 5.84. The van der Waals surface area contributed by atoms with E-state index in [2.05, 4.69) is 5.32 Å². The molecule has 0 aliphatic carbocycles. The molecular formula is C22H17NO4. The summed E-state index contributed by atoms with van der Waals surface area (Å²) in [6, 6.07) is 22.2. The van der Waals surface area contributed by atoms with Crippen LogP contribution >= 0.6 is 0 Å². The highest BCUT2D eigenvalue weighted by Crippen LogP contribution is 2.14. The van der Waals surface area contributed by atoms with E-state index in [0.717, 1.165) is 5.56 Å². The van der Waals surface area contributed by atoms with Gasteiger partial charge in [0, 0.05) is 16.8 Å². The average Bonchev–Trinajstić information content (AvgIpc) is 2.73. The van der Waals surface area contributed by atoms with Gasteiger partial charge in [0.25, 0.3) is 5.91 Å². The van der Waals surface area contributed by atoms with Gasteiger partial charge in [0.15, 0.2) is 0 Å². The predicted octanol–water partition coefficient (Wildman–Crippen LogP) is 4.11. The zero-order valence-electron chi connectivity index (χ0n) is 14.4. The first-order valence-electron chi connectivity index (χ1n) is 8.33. The minimum atomic E-state index is -0.467. The van der Waals surface area contributed by atoms with Gasteiger partial charge < -0.3 is 10.1 Å². The smallest absolute Gasteiger partial charge is 0.338 e. The van der Waals surface area contributed by atoms with Gasteiger partial charge >= 0.3 is 5.97 Å². The fraction of sp³-hybridized carbons (Fsp3) is 0.0455. The normalized spacial score (nSPS) is 10.1. The minimum Gasteiger partial charge on any atom is -0.457 e. The van der Waals surface area contributed by atoms with Gasteiger partial charge in [-0.05, 0) is 35.9 Å². The minimum absolute atomic E-state index is 0.180. The quantitative estimate of drug-likeness (QED) is 0.531. The van der Waals surface area contributed by atoms with E-state index in [0.29, 0.717) is 28.7 Å². The van der Waals surface area contributed by atoms with Crippen LogP contribution in [0.5, 0.6) is 0 Å². The summed E-state index contributed by atoms with van der Waals surface area (Å²) in [6.45, 7) is 0.180. The van der Waals surface area contributed by atoms with E-state index in [1.54, 1.807) is 48.5 Å². The molecule has 0 heterocycles. The summed E-state index contributed by atoms with van der Waals surface area (Å²) in [5.41, 5.74) is 2.63. The van der Waals surface area contributed by atoms with Crippen LogP contribution in [0.4, 0.5) is 5.69 Å². The maximum Gasteiger partial charge on any atom is 0.338 e. The Morgan fingerprint density at radius 2 is 1.59 bits per heavy atom. The third-order valence-corrected chi connectivity index (χ3v) is 3.88. The molecule has 134 valence electrons. The van der Waals surface area contributed by atoms with E-state index < -0.39 is 5.97 Å². The summed E-state index contributed by atoms with van der Waals surface area (Å²) in [4.78, 5) is 35.2. The summed E-state index contributed by atoms with van der Waals surface area (Å²) in [5, 5.41) is 2.73. The van der Waals surface area contributed by atoms with Crippen molar-refractivity contribution in [2.45, 2.75) is 6.61 Å². The first-order valence-corrected chi connectivity index (χ1v) is 8.33. The molecule has 0 bridgehead atoms. The van der Waals surface area contributed by atoms with Crippen molar-refractivity contribution in [3.8, 4) is 0 Å². The third-order valence-electron chi connectivity index (χ3n) is 3.88. The Hall–Kier alpha value is -3.73. The number of benzene rings is 3. The Bertz CT molecular complexity index is 950. The molecule has 0 aliphatic heterocycles. The molecule has 3 rings (SSSR count). The van der Waals surface area contributed by atoms with Crippen molar-refractivity contribution in [2.75, 3.05) is 5.32 Å². The SMILES string of the molecule is O=Cc1ccc(C(=O)Nc2cccc(C(=O)OCc3ccccc3)c2)cc1. The monoisotopic (exact) mass is 359 g/mol. The number of nitrogens with one attached hydrogen (secondary N) is 1. The molecule has 3 aromatic rings. The molecule has 1 N–H and O–H groups in total. The molecule has 0 radical (unpaired) electrons. The van der Waals surface area contributed by atoms with Crippen molar-refractivity contribution >= 4 is 23.9 Å². The van der Waals surface area contributed by atoms with Gasteiger partial charge in [0.2, 0.25) is 0 Å². The molecule has 5 nitrogen and oxygen atoms in total. The zero-order chi connectivity index (χ0) is 19.1. The van der Waals surface area contributed by atoms with Crippen LogP contribution < -0.4 is 5.32 Å². The topological polar surface area (TPSA) is 72.5 Å². The predicted molar refractivity (Wildman–Crippen MR) is 102 cm³/mol. The Morgan fingerprint density at radius 1 is 0.852 bits per heavy atom. The largest absolute Gasteiger partial charge is 0.457 e. The number of anilines is 1. The van der Waals surface area contributed by atoms with Crippen molar-refractivity contribution < 1.29 is 19.1 Å². The number of carbonyl (C=O) groups is 3. The van der Waals surface area contributed by atoms with Gasteiger partial charge in [0.05, 0.1) is 5.56 Å². The Kier molecular flexibility index (Phi) is 5.74. The van der Waals surface area contributed by atoms with Gasteiger partial charge in [-0.25, -0.2) is 4.79 Å². The van der Waals surface area contributed by atoms with Crippen LogP contribution in [-0.4, -0.2) is 18.2 Å². The number of rotatable bonds is 6. The summed E-state index contributed by atoms with van der Waals surface area (Å²) in [5.74, 6) is -0.799. The summed E-state index contributed by atoms with van der Waals surface area (Å²) in [7, 11) is 0. The lowest BCUT2D eigenvalue weighted by molar-refractivity contribution is 0.0472. The molecule has 0 saturated heterocycles. The van der Waals surface area contributed by atoms with Crippen molar-refractivity contribution in [1.29, 1.82) is 0 Å².